The van der Waals surface area contributed by atoms with Crippen LogP contribution in [0.25, 0.3) is 10.8 Å². The number of nitrogens with zero attached hydrogens (tertiary/aromatic N) is 2. The highest BCUT2D eigenvalue weighted by Crippen LogP contribution is 2.26. The molecule has 4 rings (SSSR count). The van der Waals surface area contributed by atoms with Gasteiger partial charge in [0.15, 0.2) is 0 Å². The van der Waals surface area contributed by atoms with Crippen molar-refractivity contribution < 1.29 is 9.59 Å². The summed E-state index contributed by atoms with van der Waals surface area (Å²) < 4.78 is 0. The van der Waals surface area contributed by atoms with E-state index in [0.717, 1.165) is 29.3 Å². The van der Waals surface area contributed by atoms with Gasteiger partial charge in [-0.2, -0.15) is 0 Å². The number of likely N-dealkylation sites (tertiary alicyclic amines) is 1. The van der Waals surface area contributed by atoms with Gasteiger partial charge in [0.05, 0.1) is 5.92 Å². The van der Waals surface area contributed by atoms with Crippen LogP contribution in [0.15, 0.2) is 85.5 Å². The van der Waals surface area contributed by atoms with E-state index in [1.165, 1.54) is 0 Å². The average molecular weight is 399 g/mol. The largest absolute Gasteiger partial charge is 0.338 e. The van der Waals surface area contributed by atoms with E-state index in [-0.39, 0.29) is 17.7 Å². The molecule has 1 aliphatic heterocycles. The van der Waals surface area contributed by atoms with E-state index in [0.29, 0.717) is 25.2 Å². The van der Waals surface area contributed by atoms with Crippen LogP contribution in [-0.4, -0.2) is 36.3 Å². The van der Waals surface area contributed by atoms with E-state index in [2.05, 4.69) is 6.58 Å². The third-order valence-corrected chi connectivity index (χ3v) is 5.72. The Morgan fingerprint density at radius 2 is 1.73 bits per heavy atom. The van der Waals surface area contributed by atoms with Gasteiger partial charge < -0.3 is 9.80 Å². The van der Waals surface area contributed by atoms with Crippen LogP contribution >= 0.6 is 0 Å². The fraction of sp³-hybridized carbons (Fsp3) is 0.231. The maximum atomic E-state index is 13.3. The Morgan fingerprint density at radius 3 is 2.53 bits per heavy atom. The summed E-state index contributed by atoms with van der Waals surface area (Å²) >= 11 is 0. The van der Waals surface area contributed by atoms with Gasteiger partial charge in [-0.25, -0.2) is 0 Å². The number of para-hydroxylation sites is 1. The van der Waals surface area contributed by atoms with Crippen LogP contribution in [0.1, 0.15) is 23.2 Å². The van der Waals surface area contributed by atoms with Gasteiger partial charge in [-0.3, -0.25) is 9.59 Å². The molecule has 0 bridgehead atoms. The predicted octanol–water partition coefficient (Wildman–Crippen LogP) is 4.91. The number of hydrogen-bond acceptors (Lipinski definition) is 2. The molecule has 1 saturated heterocycles. The molecule has 0 radical (unpaired) electrons. The van der Waals surface area contributed by atoms with Gasteiger partial charge in [0, 0.05) is 30.9 Å². The molecule has 3 aromatic carbocycles. The highest BCUT2D eigenvalue weighted by atomic mass is 16.2. The number of carbonyl (C=O) groups excluding carboxylic acids is 2. The Hall–Kier alpha value is -3.40. The molecule has 3 aromatic rings. The normalized spacial score (nSPS) is 16.3. The molecule has 1 aliphatic rings. The van der Waals surface area contributed by atoms with Crippen LogP contribution in [-0.2, 0) is 4.79 Å². The van der Waals surface area contributed by atoms with E-state index in [1.54, 1.807) is 11.0 Å². The lowest BCUT2D eigenvalue weighted by molar-refractivity contribution is -0.123. The van der Waals surface area contributed by atoms with Gasteiger partial charge in [-0.15, -0.1) is 6.58 Å². The van der Waals surface area contributed by atoms with E-state index in [9.17, 15) is 9.59 Å². The van der Waals surface area contributed by atoms with Gasteiger partial charge in [-0.1, -0.05) is 60.7 Å². The van der Waals surface area contributed by atoms with Crippen LogP contribution in [0, 0.1) is 5.92 Å². The number of benzene rings is 3. The maximum absolute atomic E-state index is 13.3. The first-order chi connectivity index (χ1) is 14.7. The van der Waals surface area contributed by atoms with Crippen molar-refractivity contribution in [1.82, 2.24) is 4.90 Å². The van der Waals surface area contributed by atoms with Gasteiger partial charge in [-0.05, 0) is 41.8 Å². The van der Waals surface area contributed by atoms with Crippen molar-refractivity contribution in [2.24, 2.45) is 5.92 Å². The maximum Gasteiger partial charge on any atom is 0.254 e. The van der Waals surface area contributed by atoms with E-state index < -0.39 is 0 Å². The predicted molar refractivity (Wildman–Crippen MR) is 122 cm³/mol. The first-order valence-corrected chi connectivity index (χ1v) is 10.4. The zero-order valence-corrected chi connectivity index (χ0v) is 17.0. The topological polar surface area (TPSA) is 40.6 Å². The summed E-state index contributed by atoms with van der Waals surface area (Å²) in [5, 5.41) is 2.00. The second kappa shape index (κ2) is 8.95. The molecular weight excluding hydrogens is 372 g/mol. The summed E-state index contributed by atoms with van der Waals surface area (Å²) in [5.41, 5.74) is 1.56. The Morgan fingerprint density at radius 1 is 1.00 bits per heavy atom. The lowest BCUT2D eigenvalue weighted by Crippen LogP contribution is -2.47. The quantitative estimate of drug-likeness (QED) is 0.573. The molecule has 1 atom stereocenters. The molecule has 0 saturated carbocycles. The van der Waals surface area contributed by atoms with Gasteiger partial charge in [0.1, 0.15) is 0 Å². The van der Waals surface area contributed by atoms with E-state index in [4.69, 9.17) is 0 Å². The van der Waals surface area contributed by atoms with Crippen molar-refractivity contribution in [2.45, 2.75) is 12.8 Å². The van der Waals surface area contributed by atoms with Crippen LogP contribution in [0.2, 0.25) is 0 Å². The Balaban J connectivity index is 1.55. The molecule has 0 aliphatic carbocycles. The minimum absolute atomic E-state index is 0.000665. The Labute approximate surface area is 177 Å². The molecular formula is C26H26N2O2. The number of hydrogen-bond donors (Lipinski definition) is 0. The first kappa shape index (κ1) is 19.9. The number of anilines is 1. The highest BCUT2D eigenvalue weighted by Gasteiger charge is 2.32. The van der Waals surface area contributed by atoms with Crippen LogP contribution in [0.3, 0.4) is 0 Å². The molecule has 2 amide bonds. The number of carbonyl (C=O) groups is 2. The molecule has 152 valence electrons. The monoisotopic (exact) mass is 398 g/mol. The van der Waals surface area contributed by atoms with Crippen LogP contribution in [0.4, 0.5) is 5.69 Å². The fourth-order valence-electron chi connectivity index (χ4n) is 4.23. The van der Waals surface area contributed by atoms with Crippen molar-refractivity contribution in [3.8, 4) is 0 Å². The SMILES string of the molecule is C=CCN(C(=O)C1CCCN(C(=O)c2cccc3ccccc23)C1)c1ccccc1. The molecule has 4 heteroatoms. The fourth-order valence-corrected chi connectivity index (χ4v) is 4.23. The Kier molecular flexibility index (Phi) is 5.94. The zero-order valence-electron chi connectivity index (χ0n) is 17.0. The van der Waals surface area contributed by atoms with Crippen molar-refractivity contribution in [3.05, 3.63) is 91.0 Å². The van der Waals surface area contributed by atoms with Crippen LogP contribution in [0.5, 0.6) is 0 Å². The standard InChI is InChI=1S/C26H26N2O2/c1-2-17-28(22-13-4-3-5-14-22)25(29)21-12-9-18-27(19-21)26(30)24-16-8-11-20-10-6-7-15-23(20)24/h2-8,10-11,13-16,21H,1,9,12,17-19H2. The molecule has 1 heterocycles. The number of rotatable bonds is 5. The molecule has 1 unspecified atom stereocenters. The highest BCUT2D eigenvalue weighted by molar-refractivity contribution is 6.07. The summed E-state index contributed by atoms with van der Waals surface area (Å²) in [4.78, 5) is 30.3. The van der Waals surface area contributed by atoms with Gasteiger partial charge >= 0.3 is 0 Å². The molecule has 30 heavy (non-hydrogen) atoms. The summed E-state index contributed by atoms with van der Waals surface area (Å²) in [6, 6.07) is 23.4. The summed E-state index contributed by atoms with van der Waals surface area (Å²) in [6.45, 7) is 5.39. The van der Waals surface area contributed by atoms with E-state index in [1.807, 2.05) is 77.7 Å². The number of piperidine rings is 1. The van der Waals surface area contributed by atoms with Crippen molar-refractivity contribution in [1.29, 1.82) is 0 Å². The third kappa shape index (κ3) is 3.99. The summed E-state index contributed by atoms with van der Waals surface area (Å²) in [6.07, 6.45) is 3.36. The number of fused-ring (bicyclic) bond motifs is 1. The lowest BCUT2D eigenvalue weighted by atomic mass is 9.95. The Bertz CT molecular complexity index is 1060. The van der Waals surface area contributed by atoms with Crippen LogP contribution < -0.4 is 4.90 Å². The zero-order chi connectivity index (χ0) is 20.9. The van der Waals surface area contributed by atoms with E-state index >= 15 is 0 Å². The van der Waals surface area contributed by atoms with Crippen molar-refractivity contribution in [3.63, 3.8) is 0 Å². The summed E-state index contributed by atoms with van der Waals surface area (Å²) in [7, 11) is 0. The molecule has 0 N–H and O–H groups in total. The molecule has 1 fully saturated rings. The molecule has 4 nitrogen and oxygen atoms in total. The average Bonchev–Trinajstić information content (AvgIpc) is 2.82. The lowest BCUT2D eigenvalue weighted by Gasteiger charge is -2.35. The third-order valence-electron chi connectivity index (χ3n) is 5.72. The molecule has 0 aromatic heterocycles. The second-order valence-corrected chi connectivity index (χ2v) is 7.69. The smallest absolute Gasteiger partial charge is 0.254 e. The van der Waals surface area contributed by atoms with Gasteiger partial charge in [0.25, 0.3) is 5.91 Å². The van der Waals surface area contributed by atoms with Crippen molar-refractivity contribution >= 4 is 28.3 Å². The second-order valence-electron chi connectivity index (χ2n) is 7.69. The minimum atomic E-state index is -0.210. The summed E-state index contributed by atoms with van der Waals surface area (Å²) in [5.74, 6) is -0.159. The molecule has 0 spiro atoms. The first-order valence-electron chi connectivity index (χ1n) is 10.4. The minimum Gasteiger partial charge on any atom is -0.338 e. The van der Waals surface area contributed by atoms with Gasteiger partial charge in [0.2, 0.25) is 5.91 Å². The number of amides is 2. The van der Waals surface area contributed by atoms with Crippen molar-refractivity contribution in [2.75, 3.05) is 24.5 Å².